The molecule has 1 aliphatic heterocycles. The fraction of sp³-hybridized carbons (Fsp3) is 0.429. The zero-order chi connectivity index (χ0) is 17.8. The fourth-order valence-corrected chi connectivity index (χ4v) is 8.32. The third-order valence-electron chi connectivity index (χ3n) is 4.92. The average Bonchev–Trinajstić information content (AvgIpc) is 2.64. The van der Waals surface area contributed by atoms with Crippen LogP contribution < -0.4 is 15.7 Å². The van der Waals surface area contributed by atoms with E-state index in [0.29, 0.717) is 6.61 Å². The monoisotopic (exact) mass is 391 g/mol. The highest BCUT2D eigenvalue weighted by Gasteiger charge is 2.50. The molecule has 1 fully saturated rings. The molecular formula is C21H30ClNO2Si. The molecule has 1 heterocycles. The van der Waals surface area contributed by atoms with E-state index in [2.05, 4.69) is 86.8 Å². The van der Waals surface area contributed by atoms with Crippen molar-refractivity contribution in [2.24, 2.45) is 0 Å². The van der Waals surface area contributed by atoms with Crippen LogP contribution in [-0.4, -0.2) is 40.7 Å². The van der Waals surface area contributed by atoms with Gasteiger partial charge in [-0.1, -0.05) is 81.4 Å². The van der Waals surface area contributed by atoms with Gasteiger partial charge in [-0.05, 0) is 15.4 Å². The lowest BCUT2D eigenvalue weighted by Crippen LogP contribution is -2.67. The predicted octanol–water partition coefficient (Wildman–Crippen LogP) is 2.97. The van der Waals surface area contributed by atoms with E-state index in [4.69, 9.17) is 9.16 Å². The number of benzene rings is 2. The van der Waals surface area contributed by atoms with Crippen molar-refractivity contribution < 1.29 is 9.16 Å². The van der Waals surface area contributed by atoms with Crippen LogP contribution in [0, 0.1) is 0 Å². The topological polar surface area (TPSA) is 30.5 Å². The van der Waals surface area contributed by atoms with Crippen molar-refractivity contribution in [2.45, 2.75) is 31.9 Å². The molecule has 1 atom stereocenters. The molecule has 26 heavy (non-hydrogen) atoms. The van der Waals surface area contributed by atoms with Gasteiger partial charge < -0.3 is 14.5 Å². The van der Waals surface area contributed by atoms with Crippen LogP contribution in [0.1, 0.15) is 20.8 Å². The molecule has 2 aromatic carbocycles. The fourth-order valence-electron chi connectivity index (χ4n) is 3.71. The summed E-state index contributed by atoms with van der Waals surface area (Å²) < 4.78 is 12.5. The number of hydrogen-bond acceptors (Lipinski definition) is 3. The van der Waals surface area contributed by atoms with Crippen LogP contribution in [0.2, 0.25) is 5.04 Å². The molecule has 5 heteroatoms. The number of hydrogen-bond donors (Lipinski definition) is 1. The second-order valence-electron chi connectivity index (χ2n) is 7.70. The zero-order valence-corrected chi connectivity index (χ0v) is 17.7. The molecule has 0 radical (unpaired) electrons. The maximum Gasteiger partial charge on any atom is 0.261 e. The number of ether oxygens (including phenoxy) is 1. The quantitative estimate of drug-likeness (QED) is 0.795. The van der Waals surface area contributed by atoms with Gasteiger partial charge in [0.15, 0.2) is 0 Å². The molecule has 3 nitrogen and oxygen atoms in total. The molecule has 1 aliphatic rings. The first-order valence-corrected chi connectivity index (χ1v) is 11.0. The minimum absolute atomic E-state index is 0. The van der Waals surface area contributed by atoms with Crippen LogP contribution >= 0.6 is 12.4 Å². The van der Waals surface area contributed by atoms with Crippen molar-refractivity contribution in [2.75, 3.05) is 26.4 Å². The summed E-state index contributed by atoms with van der Waals surface area (Å²) in [5, 5.41) is 6.19. The smallest absolute Gasteiger partial charge is 0.261 e. The Morgan fingerprint density at radius 3 is 1.96 bits per heavy atom. The minimum Gasteiger partial charge on any atom is -0.406 e. The van der Waals surface area contributed by atoms with Gasteiger partial charge in [0, 0.05) is 6.54 Å². The Morgan fingerprint density at radius 2 is 1.54 bits per heavy atom. The number of morpholine rings is 1. The lowest BCUT2D eigenvalue weighted by Gasteiger charge is -2.44. The van der Waals surface area contributed by atoms with Gasteiger partial charge in [-0.25, -0.2) is 0 Å². The van der Waals surface area contributed by atoms with Crippen LogP contribution in [0.5, 0.6) is 0 Å². The van der Waals surface area contributed by atoms with E-state index in [1.54, 1.807) is 0 Å². The molecule has 0 amide bonds. The summed E-state index contributed by atoms with van der Waals surface area (Å²) in [7, 11) is -2.43. The van der Waals surface area contributed by atoms with Gasteiger partial charge in [-0.15, -0.1) is 12.4 Å². The van der Waals surface area contributed by atoms with Crippen molar-refractivity contribution in [3.63, 3.8) is 0 Å². The Bertz CT molecular complexity index is 615. The first-order chi connectivity index (χ1) is 12.0. The second-order valence-corrected chi connectivity index (χ2v) is 12.0. The van der Waals surface area contributed by atoms with Gasteiger partial charge in [0.1, 0.15) is 0 Å². The Labute approximate surface area is 164 Å². The molecule has 0 aromatic heterocycles. The van der Waals surface area contributed by atoms with Crippen LogP contribution in [-0.2, 0) is 9.16 Å². The Kier molecular flexibility index (Phi) is 7.44. The number of rotatable bonds is 5. The van der Waals surface area contributed by atoms with E-state index in [1.807, 2.05) is 0 Å². The molecule has 0 spiro atoms. The van der Waals surface area contributed by atoms with Gasteiger partial charge in [-0.2, -0.15) is 0 Å². The van der Waals surface area contributed by atoms with Crippen LogP contribution in [0.3, 0.4) is 0 Å². The third kappa shape index (κ3) is 4.38. The van der Waals surface area contributed by atoms with Crippen molar-refractivity contribution >= 4 is 31.1 Å². The van der Waals surface area contributed by atoms with E-state index < -0.39 is 8.32 Å². The highest BCUT2D eigenvalue weighted by Crippen LogP contribution is 2.36. The summed E-state index contributed by atoms with van der Waals surface area (Å²) in [4.78, 5) is 0. The first kappa shape index (κ1) is 21.1. The minimum atomic E-state index is -2.43. The standard InChI is InChI=1S/C21H29NO2Si.ClH/c1-21(2,3)25(19-10-6-4-7-11-19,20-12-8-5-9-13-20)24-17-18-16-23-15-14-22-18;/h4-13,18,22H,14-17H2,1-3H3;1H/t18-;/m1./s1. The summed E-state index contributed by atoms with van der Waals surface area (Å²) in [6.45, 7) is 10.0. The van der Waals surface area contributed by atoms with Gasteiger partial charge in [0.05, 0.1) is 25.9 Å². The lowest BCUT2D eigenvalue weighted by atomic mass is 10.2. The highest BCUT2D eigenvalue weighted by molar-refractivity contribution is 6.99. The molecule has 0 bridgehead atoms. The molecule has 1 saturated heterocycles. The Morgan fingerprint density at radius 1 is 1.00 bits per heavy atom. The maximum absolute atomic E-state index is 6.90. The maximum atomic E-state index is 6.90. The van der Waals surface area contributed by atoms with Gasteiger partial charge in [-0.3, -0.25) is 0 Å². The largest absolute Gasteiger partial charge is 0.406 e. The number of nitrogens with one attached hydrogen (secondary N) is 1. The summed E-state index contributed by atoms with van der Waals surface area (Å²) >= 11 is 0. The van der Waals surface area contributed by atoms with Crippen LogP contribution in [0.25, 0.3) is 0 Å². The second kappa shape index (κ2) is 9.15. The van der Waals surface area contributed by atoms with E-state index in [9.17, 15) is 0 Å². The van der Waals surface area contributed by atoms with Gasteiger partial charge in [0.25, 0.3) is 8.32 Å². The summed E-state index contributed by atoms with van der Waals surface area (Å²) in [5.74, 6) is 0. The van der Waals surface area contributed by atoms with Crippen molar-refractivity contribution in [3.8, 4) is 0 Å². The van der Waals surface area contributed by atoms with E-state index in [-0.39, 0.29) is 23.5 Å². The predicted molar refractivity (Wildman–Crippen MR) is 113 cm³/mol. The van der Waals surface area contributed by atoms with Crippen molar-refractivity contribution in [1.82, 2.24) is 5.32 Å². The normalized spacial score (nSPS) is 18.2. The van der Waals surface area contributed by atoms with Gasteiger partial charge in [0.2, 0.25) is 0 Å². The third-order valence-corrected chi connectivity index (χ3v) is 9.92. The summed E-state index contributed by atoms with van der Waals surface area (Å²) in [5.41, 5.74) is 0. The van der Waals surface area contributed by atoms with E-state index in [1.165, 1.54) is 10.4 Å². The molecule has 0 saturated carbocycles. The Hall–Kier alpha value is -1.17. The molecule has 0 aliphatic carbocycles. The first-order valence-electron chi connectivity index (χ1n) is 9.10. The van der Waals surface area contributed by atoms with Crippen LogP contribution in [0.4, 0.5) is 0 Å². The van der Waals surface area contributed by atoms with E-state index in [0.717, 1.165) is 19.8 Å². The zero-order valence-electron chi connectivity index (χ0n) is 15.9. The molecule has 1 N–H and O–H groups in total. The molecular weight excluding hydrogens is 362 g/mol. The SMILES string of the molecule is CC(C)(C)[Si](OC[C@H]1COCCN1)(c1ccccc1)c1ccccc1.Cl. The summed E-state index contributed by atoms with van der Waals surface area (Å²) in [6.07, 6.45) is 0. The van der Waals surface area contributed by atoms with Crippen LogP contribution in [0.15, 0.2) is 60.7 Å². The highest BCUT2D eigenvalue weighted by atomic mass is 35.5. The lowest BCUT2D eigenvalue weighted by molar-refractivity contribution is 0.0576. The molecule has 142 valence electrons. The van der Waals surface area contributed by atoms with E-state index >= 15 is 0 Å². The molecule has 0 unspecified atom stereocenters. The van der Waals surface area contributed by atoms with Crippen molar-refractivity contribution in [3.05, 3.63) is 60.7 Å². The van der Waals surface area contributed by atoms with Crippen molar-refractivity contribution in [1.29, 1.82) is 0 Å². The number of halogens is 1. The Balaban J connectivity index is 0.00000243. The van der Waals surface area contributed by atoms with Gasteiger partial charge >= 0.3 is 0 Å². The molecule has 3 rings (SSSR count). The summed E-state index contributed by atoms with van der Waals surface area (Å²) in [6, 6.07) is 21.8. The molecule has 2 aromatic rings. The average molecular weight is 392 g/mol.